The number of amides is 1. The van der Waals surface area contributed by atoms with Gasteiger partial charge in [-0.05, 0) is 60.9 Å². The number of para-hydroxylation sites is 1. The summed E-state index contributed by atoms with van der Waals surface area (Å²) in [5.74, 6) is 1.94. The van der Waals surface area contributed by atoms with E-state index >= 15 is 0 Å². The summed E-state index contributed by atoms with van der Waals surface area (Å²) in [6.45, 7) is 0. The van der Waals surface area contributed by atoms with E-state index in [1.54, 1.807) is 29.7 Å². The fraction of sp³-hybridized carbons (Fsp3) is 0.381. The molecular formula is C21H26N2O2S2. The van der Waals surface area contributed by atoms with Crippen molar-refractivity contribution in [2.45, 2.75) is 30.6 Å². The van der Waals surface area contributed by atoms with Gasteiger partial charge in [0.15, 0.2) is 0 Å². The summed E-state index contributed by atoms with van der Waals surface area (Å²) >= 11 is 1.87. The Balaban J connectivity index is 1.58. The van der Waals surface area contributed by atoms with E-state index in [1.807, 2.05) is 36.0 Å². The van der Waals surface area contributed by atoms with Crippen molar-refractivity contribution < 1.29 is 9.00 Å². The number of nitrogens with one attached hydrogen (secondary N) is 1. The van der Waals surface area contributed by atoms with Gasteiger partial charge in [0.25, 0.3) is 5.91 Å². The summed E-state index contributed by atoms with van der Waals surface area (Å²) in [5.41, 5.74) is 1.92. The van der Waals surface area contributed by atoms with Gasteiger partial charge < -0.3 is 5.32 Å². The summed E-state index contributed by atoms with van der Waals surface area (Å²) in [5, 5.41) is 2.94. The van der Waals surface area contributed by atoms with Gasteiger partial charge in [0.2, 0.25) is 0 Å². The van der Waals surface area contributed by atoms with Gasteiger partial charge in [-0.1, -0.05) is 25.0 Å². The second kappa shape index (κ2) is 9.42. The van der Waals surface area contributed by atoms with Crippen molar-refractivity contribution in [3.8, 4) is 0 Å². The zero-order valence-corrected chi connectivity index (χ0v) is 17.4. The van der Waals surface area contributed by atoms with E-state index in [0.717, 1.165) is 17.4 Å². The molecule has 1 aliphatic carbocycles. The van der Waals surface area contributed by atoms with E-state index in [1.165, 1.54) is 30.6 Å². The second-order valence-corrected chi connectivity index (χ2v) is 9.41. The zero-order chi connectivity index (χ0) is 19.2. The van der Waals surface area contributed by atoms with Crippen molar-refractivity contribution in [3.05, 3.63) is 54.1 Å². The summed E-state index contributed by atoms with van der Waals surface area (Å²) < 4.78 is 13.4. The van der Waals surface area contributed by atoms with Crippen molar-refractivity contribution in [2.75, 3.05) is 28.7 Å². The molecule has 0 radical (unpaired) electrons. The van der Waals surface area contributed by atoms with Gasteiger partial charge in [-0.2, -0.15) is 0 Å². The Morgan fingerprint density at radius 1 is 1.19 bits per heavy atom. The van der Waals surface area contributed by atoms with Gasteiger partial charge in [-0.15, -0.1) is 11.8 Å². The molecule has 27 heavy (non-hydrogen) atoms. The highest BCUT2D eigenvalue weighted by Gasteiger charge is 2.20. The molecular weight excluding hydrogens is 376 g/mol. The molecule has 2 aromatic rings. The minimum atomic E-state index is -1.19. The Labute approximate surface area is 168 Å². The summed E-state index contributed by atoms with van der Waals surface area (Å²) in [7, 11) is 0.529. The van der Waals surface area contributed by atoms with Crippen LogP contribution < -0.4 is 9.62 Å². The van der Waals surface area contributed by atoms with Gasteiger partial charge >= 0.3 is 0 Å². The number of benzene rings is 2. The van der Waals surface area contributed by atoms with Gasteiger partial charge in [-0.25, -0.2) is 4.21 Å². The molecule has 3 rings (SSSR count). The molecule has 6 heteroatoms. The van der Waals surface area contributed by atoms with Crippen LogP contribution >= 0.6 is 11.8 Å². The molecule has 1 atom stereocenters. The van der Waals surface area contributed by atoms with Crippen LogP contribution in [0.1, 0.15) is 36.0 Å². The topological polar surface area (TPSA) is 49.4 Å². The van der Waals surface area contributed by atoms with Crippen molar-refractivity contribution in [2.24, 2.45) is 5.92 Å². The highest BCUT2D eigenvalue weighted by Crippen LogP contribution is 2.34. The molecule has 0 bridgehead atoms. The smallest absolute Gasteiger partial charge is 0.257 e. The number of nitrogens with zero attached hydrogens (tertiary/aromatic N) is 1. The molecule has 0 spiro atoms. The van der Waals surface area contributed by atoms with E-state index in [4.69, 9.17) is 0 Å². The molecule has 4 nitrogen and oxygen atoms in total. The van der Waals surface area contributed by atoms with E-state index in [9.17, 15) is 9.00 Å². The lowest BCUT2D eigenvalue weighted by Crippen LogP contribution is -2.23. The number of thioether (sulfide) groups is 1. The first-order valence-electron chi connectivity index (χ1n) is 9.25. The molecule has 0 heterocycles. The van der Waals surface area contributed by atoms with Crippen LogP contribution in [0.3, 0.4) is 0 Å². The third-order valence-electron chi connectivity index (χ3n) is 4.71. The van der Waals surface area contributed by atoms with Gasteiger partial charge in [-0.3, -0.25) is 9.10 Å². The predicted octanol–water partition coefficient (Wildman–Crippen LogP) is 4.95. The van der Waals surface area contributed by atoms with E-state index in [-0.39, 0.29) is 5.91 Å². The predicted molar refractivity (Wildman–Crippen MR) is 116 cm³/mol. The third-order valence-corrected chi connectivity index (χ3v) is 6.77. The fourth-order valence-corrected chi connectivity index (χ4v) is 4.19. The van der Waals surface area contributed by atoms with Crippen LogP contribution in [0.2, 0.25) is 0 Å². The Bertz CT molecular complexity index is 804. The summed E-state index contributed by atoms with van der Waals surface area (Å²) in [4.78, 5) is 13.9. The Morgan fingerprint density at radius 2 is 1.89 bits per heavy atom. The van der Waals surface area contributed by atoms with Crippen LogP contribution in [0.4, 0.5) is 11.4 Å². The van der Waals surface area contributed by atoms with E-state index in [0.29, 0.717) is 11.3 Å². The number of carbonyl (C=O) groups is 1. The summed E-state index contributed by atoms with van der Waals surface area (Å²) in [6, 6.07) is 15.2. The maximum Gasteiger partial charge on any atom is 0.257 e. The van der Waals surface area contributed by atoms with E-state index < -0.39 is 11.0 Å². The molecule has 1 saturated carbocycles. The van der Waals surface area contributed by atoms with Crippen molar-refractivity contribution >= 4 is 40.0 Å². The largest absolute Gasteiger partial charge is 0.322 e. The molecule has 1 aliphatic rings. The molecule has 1 amide bonds. The first-order chi connectivity index (χ1) is 13.0. The van der Waals surface area contributed by atoms with Crippen LogP contribution in [0, 0.1) is 5.92 Å². The lowest BCUT2D eigenvalue weighted by atomic mass is 10.1. The van der Waals surface area contributed by atoms with Crippen LogP contribution in [0.25, 0.3) is 0 Å². The standard InChI is InChI=1S/C21H26N2O2S2/c1-23(27(2)25)20-8-4-3-7-19(20)21(24)22-17-11-13-18(14-12-17)26-15-5-6-16-9-10-16/h3-4,7-8,11-14,16H,5-6,9-10,15H2,1-2H3,(H,22,24). The lowest BCUT2D eigenvalue weighted by Gasteiger charge is -2.19. The maximum atomic E-state index is 12.7. The Kier molecular flexibility index (Phi) is 6.96. The molecule has 2 aromatic carbocycles. The monoisotopic (exact) mass is 402 g/mol. The minimum Gasteiger partial charge on any atom is -0.322 e. The van der Waals surface area contributed by atoms with Crippen LogP contribution in [-0.2, 0) is 11.0 Å². The highest BCUT2D eigenvalue weighted by molar-refractivity contribution is 7.99. The number of rotatable bonds is 9. The van der Waals surface area contributed by atoms with Gasteiger partial charge in [0.1, 0.15) is 11.0 Å². The molecule has 0 aromatic heterocycles. The molecule has 1 unspecified atom stereocenters. The minimum absolute atomic E-state index is 0.201. The van der Waals surface area contributed by atoms with E-state index in [2.05, 4.69) is 17.4 Å². The third kappa shape index (κ3) is 5.84. The van der Waals surface area contributed by atoms with Gasteiger partial charge in [0.05, 0.1) is 11.3 Å². The van der Waals surface area contributed by atoms with Crippen LogP contribution in [0.5, 0.6) is 0 Å². The number of hydrogen-bond acceptors (Lipinski definition) is 3. The van der Waals surface area contributed by atoms with Crippen molar-refractivity contribution in [1.82, 2.24) is 0 Å². The van der Waals surface area contributed by atoms with Crippen LogP contribution in [0.15, 0.2) is 53.4 Å². The molecule has 0 aliphatic heterocycles. The SMILES string of the molecule is CN(c1ccccc1C(=O)Nc1ccc(SCCCC2CC2)cc1)S(C)=O. The van der Waals surface area contributed by atoms with Crippen molar-refractivity contribution in [1.29, 1.82) is 0 Å². The summed E-state index contributed by atoms with van der Waals surface area (Å²) in [6.07, 6.45) is 7.07. The first kappa shape index (κ1) is 20.0. The van der Waals surface area contributed by atoms with Gasteiger partial charge in [0, 0.05) is 23.9 Å². The normalized spacial score (nSPS) is 14.6. The zero-order valence-electron chi connectivity index (χ0n) is 15.8. The van der Waals surface area contributed by atoms with Crippen LogP contribution in [-0.4, -0.2) is 29.2 Å². The maximum absolute atomic E-state index is 12.7. The Hall–Kier alpha value is -1.79. The highest BCUT2D eigenvalue weighted by atomic mass is 32.2. The average molecular weight is 403 g/mol. The molecule has 0 saturated heterocycles. The Morgan fingerprint density at radius 3 is 2.56 bits per heavy atom. The van der Waals surface area contributed by atoms with Crippen molar-refractivity contribution in [3.63, 3.8) is 0 Å². The fourth-order valence-electron chi connectivity index (χ4n) is 2.88. The quantitative estimate of drug-likeness (QED) is 0.477. The number of hydrogen-bond donors (Lipinski definition) is 1. The molecule has 144 valence electrons. The second-order valence-electron chi connectivity index (χ2n) is 6.85. The molecule has 1 N–H and O–H groups in total. The first-order valence-corrected chi connectivity index (χ1v) is 11.7. The molecule has 1 fully saturated rings. The number of anilines is 2. The number of carbonyl (C=O) groups excluding carboxylic acids is 1. The average Bonchev–Trinajstić information content (AvgIpc) is 3.50. The lowest BCUT2D eigenvalue weighted by molar-refractivity contribution is 0.102.